The number of rotatable bonds is 3. The standard InChI is InChI=1S/C20H28F3N3O/c1-24-6-4-19(14-24)5-7-25(15-19)13-16-2-3-17(12-18(16)20(21,22)23)26-8-10-27-11-9-26/h2-3,12H,4-11,13-15H2,1H3. The molecule has 3 aliphatic heterocycles. The van der Waals surface area contributed by atoms with Gasteiger partial charge in [-0.2, -0.15) is 13.2 Å². The lowest BCUT2D eigenvalue weighted by Gasteiger charge is -2.30. The van der Waals surface area contributed by atoms with E-state index in [1.807, 2.05) is 11.0 Å². The van der Waals surface area contributed by atoms with Crippen LogP contribution < -0.4 is 4.90 Å². The van der Waals surface area contributed by atoms with Gasteiger partial charge in [0.05, 0.1) is 18.8 Å². The van der Waals surface area contributed by atoms with Crippen molar-refractivity contribution in [1.82, 2.24) is 9.80 Å². The predicted molar refractivity (Wildman–Crippen MR) is 98.9 cm³/mol. The van der Waals surface area contributed by atoms with Crippen molar-refractivity contribution >= 4 is 5.69 Å². The van der Waals surface area contributed by atoms with Gasteiger partial charge in [-0.15, -0.1) is 0 Å². The molecule has 0 aromatic heterocycles. The lowest BCUT2D eigenvalue weighted by Crippen LogP contribution is -2.36. The number of hydrogen-bond donors (Lipinski definition) is 0. The van der Waals surface area contributed by atoms with Crippen molar-refractivity contribution in [1.29, 1.82) is 0 Å². The molecule has 27 heavy (non-hydrogen) atoms. The summed E-state index contributed by atoms with van der Waals surface area (Å²) in [6.07, 6.45) is -2.09. The quantitative estimate of drug-likeness (QED) is 0.799. The largest absolute Gasteiger partial charge is 0.416 e. The van der Waals surface area contributed by atoms with Gasteiger partial charge in [0.25, 0.3) is 0 Å². The Bertz CT molecular complexity index is 675. The van der Waals surface area contributed by atoms with Gasteiger partial charge >= 0.3 is 6.18 Å². The average molecular weight is 383 g/mol. The molecule has 0 bridgehead atoms. The highest BCUT2D eigenvalue weighted by Gasteiger charge is 2.43. The van der Waals surface area contributed by atoms with Gasteiger partial charge in [0, 0.05) is 38.4 Å². The molecule has 0 amide bonds. The lowest BCUT2D eigenvalue weighted by atomic mass is 9.86. The molecule has 3 saturated heterocycles. The number of hydrogen-bond acceptors (Lipinski definition) is 4. The number of likely N-dealkylation sites (tertiary alicyclic amines) is 2. The molecule has 1 spiro atoms. The number of anilines is 1. The Kier molecular flexibility index (Phi) is 5.12. The van der Waals surface area contributed by atoms with Crippen LogP contribution >= 0.6 is 0 Å². The number of halogens is 3. The van der Waals surface area contributed by atoms with E-state index in [9.17, 15) is 13.2 Å². The van der Waals surface area contributed by atoms with Gasteiger partial charge in [0.1, 0.15) is 0 Å². The molecule has 3 heterocycles. The molecule has 1 aromatic carbocycles. The fourth-order valence-corrected chi connectivity index (χ4v) is 4.88. The van der Waals surface area contributed by atoms with E-state index >= 15 is 0 Å². The minimum absolute atomic E-state index is 0.279. The summed E-state index contributed by atoms with van der Waals surface area (Å²) >= 11 is 0. The maximum atomic E-state index is 13.7. The smallest absolute Gasteiger partial charge is 0.378 e. The second-order valence-corrected chi connectivity index (χ2v) is 8.39. The van der Waals surface area contributed by atoms with Gasteiger partial charge < -0.3 is 14.5 Å². The van der Waals surface area contributed by atoms with Gasteiger partial charge in [0.2, 0.25) is 0 Å². The topological polar surface area (TPSA) is 19.0 Å². The molecule has 0 radical (unpaired) electrons. The number of morpholine rings is 1. The molecule has 4 nitrogen and oxygen atoms in total. The van der Waals surface area contributed by atoms with E-state index in [1.165, 1.54) is 6.07 Å². The van der Waals surface area contributed by atoms with Crippen molar-refractivity contribution < 1.29 is 17.9 Å². The molecule has 4 rings (SSSR count). The number of benzene rings is 1. The summed E-state index contributed by atoms with van der Waals surface area (Å²) in [6, 6.07) is 4.85. The van der Waals surface area contributed by atoms with Crippen molar-refractivity contribution in [2.45, 2.75) is 25.6 Å². The van der Waals surface area contributed by atoms with E-state index in [-0.39, 0.29) is 5.41 Å². The van der Waals surface area contributed by atoms with E-state index in [4.69, 9.17) is 4.74 Å². The van der Waals surface area contributed by atoms with Crippen molar-refractivity contribution in [3.05, 3.63) is 29.3 Å². The third kappa shape index (κ3) is 4.10. The zero-order valence-electron chi connectivity index (χ0n) is 15.9. The Balaban J connectivity index is 1.52. The predicted octanol–water partition coefficient (Wildman–Crippen LogP) is 3.07. The monoisotopic (exact) mass is 383 g/mol. The molecule has 1 aromatic rings. The molecule has 7 heteroatoms. The summed E-state index contributed by atoms with van der Waals surface area (Å²) in [6.45, 7) is 6.72. The number of ether oxygens (including phenoxy) is 1. The Labute approximate surface area is 158 Å². The highest BCUT2D eigenvalue weighted by Crippen LogP contribution is 2.41. The molecular formula is C20H28F3N3O. The van der Waals surface area contributed by atoms with Gasteiger partial charge in [0.15, 0.2) is 0 Å². The SMILES string of the molecule is CN1CCC2(CCN(Cc3ccc(N4CCOCC4)cc3C(F)(F)F)C2)C1. The summed E-state index contributed by atoms with van der Waals surface area (Å²) < 4.78 is 46.6. The van der Waals surface area contributed by atoms with Crippen LogP contribution in [-0.4, -0.2) is 69.3 Å². The first-order valence-electron chi connectivity index (χ1n) is 9.78. The van der Waals surface area contributed by atoms with Crippen LogP contribution in [0.3, 0.4) is 0 Å². The summed E-state index contributed by atoms with van der Waals surface area (Å²) in [5.74, 6) is 0. The van der Waals surface area contributed by atoms with Crippen LogP contribution in [0.2, 0.25) is 0 Å². The summed E-state index contributed by atoms with van der Waals surface area (Å²) in [5, 5.41) is 0. The van der Waals surface area contributed by atoms with Crippen LogP contribution in [0, 0.1) is 5.41 Å². The number of nitrogens with zero attached hydrogens (tertiary/aromatic N) is 3. The second-order valence-electron chi connectivity index (χ2n) is 8.39. The van der Waals surface area contributed by atoms with Gasteiger partial charge in [-0.1, -0.05) is 6.07 Å². The molecule has 3 aliphatic rings. The Morgan fingerprint density at radius 1 is 1.04 bits per heavy atom. The zero-order valence-corrected chi connectivity index (χ0v) is 15.9. The fraction of sp³-hybridized carbons (Fsp3) is 0.700. The van der Waals surface area contributed by atoms with Crippen LogP contribution in [0.4, 0.5) is 18.9 Å². The first-order valence-corrected chi connectivity index (χ1v) is 9.78. The fourth-order valence-electron chi connectivity index (χ4n) is 4.88. The van der Waals surface area contributed by atoms with Crippen LogP contribution in [0.1, 0.15) is 24.0 Å². The number of alkyl halides is 3. The average Bonchev–Trinajstić information content (AvgIpc) is 3.20. The molecule has 1 atom stereocenters. The van der Waals surface area contributed by atoms with E-state index in [1.54, 1.807) is 6.07 Å². The van der Waals surface area contributed by atoms with Crippen molar-refractivity contribution in [3.63, 3.8) is 0 Å². The molecule has 1 unspecified atom stereocenters. The van der Waals surface area contributed by atoms with E-state index in [0.717, 1.165) is 39.0 Å². The van der Waals surface area contributed by atoms with Crippen molar-refractivity contribution in [2.24, 2.45) is 5.41 Å². The Morgan fingerprint density at radius 2 is 1.78 bits per heavy atom. The Morgan fingerprint density at radius 3 is 2.44 bits per heavy atom. The molecule has 150 valence electrons. The minimum Gasteiger partial charge on any atom is -0.378 e. The molecule has 0 aliphatic carbocycles. The van der Waals surface area contributed by atoms with E-state index < -0.39 is 11.7 Å². The minimum atomic E-state index is -4.33. The van der Waals surface area contributed by atoms with Crippen LogP contribution in [-0.2, 0) is 17.5 Å². The van der Waals surface area contributed by atoms with Gasteiger partial charge in [-0.05, 0) is 56.1 Å². The second kappa shape index (κ2) is 7.26. The maximum absolute atomic E-state index is 13.7. The zero-order chi connectivity index (χ0) is 19.1. The first kappa shape index (κ1) is 19.0. The normalized spacial score (nSPS) is 27.8. The molecule has 3 fully saturated rings. The van der Waals surface area contributed by atoms with E-state index in [2.05, 4.69) is 16.8 Å². The Hall–Kier alpha value is -1.31. The van der Waals surface area contributed by atoms with Crippen LogP contribution in [0.25, 0.3) is 0 Å². The van der Waals surface area contributed by atoms with Crippen LogP contribution in [0.5, 0.6) is 0 Å². The molecular weight excluding hydrogens is 355 g/mol. The van der Waals surface area contributed by atoms with Crippen LogP contribution in [0.15, 0.2) is 18.2 Å². The summed E-state index contributed by atoms with van der Waals surface area (Å²) in [7, 11) is 2.13. The van der Waals surface area contributed by atoms with Crippen molar-refractivity contribution in [3.8, 4) is 0 Å². The highest BCUT2D eigenvalue weighted by atomic mass is 19.4. The molecule has 0 N–H and O–H groups in total. The van der Waals surface area contributed by atoms with E-state index in [0.29, 0.717) is 44.1 Å². The third-order valence-corrected chi connectivity index (χ3v) is 6.32. The van der Waals surface area contributed by atoms with Crippen molar-refractivity contribution in [2.75, 3.05) is 64.4 Å². The molecule has 0 saturated carbocycles. The summed E-state index contributed by atoms with van der Waals surface area (Å²) in [4.78, 5) is 6.52. The third-order valence-electron chi connectivity index (χ3n) is 6.32. The summed E-state index contributed by atoms with van der Waals surface area (Å²) in [5.41, 5.74) is 0.824. The maximum Gasteiger partial charge on any atom is 0.416 e. The lowest BCUT2D eigenvalue weighted by molar-refractivity contribution is -0.138. The van der Waals surface area contributed by atoms with Gasteiger partial charge in [-0.3, -0.25) is 4.90 Å². The first-order chi connectivity index (χ1) is 12.8. The van der Waals surface area contributed by atoms with Gasteiger partial charge in [-0.25, -0.2) is 0 Å². The highest BCUT2D eigenvalue weighted by molar-refractivity contribution is 5.52.